The lowest BCUT2D eigenvalue weighted by Gasteiger charge is -2.00. The van der Waals surface area contributed by atoms with Crippen molar-refractivity contribution in [2.24, 2.45) is 0 Å². The van der Waals surface area contributed by atoms with Crippen molar-refractivity contribution in [2.45, 2.75) is 6.92 Å². The number of hydrogen-bond donors (Lipinski definition) is 0. The number of aryl methyl sites for hydroxylation is 1. The average Bonchev–Trinajstić information content (AvgIpc) is 1.82. The van der Waals surface area contributed by atoms with Gasteiger partial charge in [-0.3, -0.25) is 0 Å². The fourth-order valence-electron chi connectivity index (χ4n) is 0.646. The summed E-state index contributed by atoms with van der Waals surface area (Å²) in [6, 6.07) is 1.79. The van der Waals surface area contributed by atoms with Crippen LogP contribution in [-0.4, -0.2) is 0 Å². The van der Waals surface area contributed by atoms with Crippen LogP contribution in [0.25, 0.3) is 0 Å². The molecule has 0 amide bonds. The van der Waals surface area contributed by atoms with E-state index in [9.17, 15) is 5.21 Å². The van der Waals surface area contributed by atoms with E-state index in [0.29, 0.717) is 4.73 Å². The highest BCUT2D eigenvalue weighted by molar-refractivity contribution is 9.10. The van der Waals surface area contributed by atoms with Crippen LogP contribution in [0, 0.1) is 12.1 Å². The van der Waals surface area contributed by atoms with E-state index in [4.69, 9.17) is 11.6 Å². The van der Waals surface area contributed by atoms with Crippen molar-refractivity contribution in [1.82, 2.24) is 0 Å². The summed E-state index contributed by atoms with van der Waals surface area (Å²) in [4.78, 5) is 0. The first-order valence-corrected chi connectivity index (χ1v) is 3.83. The van der Waals surface area contributed by atoms with Crippen molar-refractivity contribution in [3.8, 4) is 0 Å². The molecule has 0 unspecified atom stereocenters. The molecule has 1 rings (SSSR count). The molecular formula is C6H5BrClNO. The van der Waals surface area contributed by atoms with Crippen LogP contribution >= 0.6 is 27.5 Å². The van der Waals surface area contributed by atoms with Gasteiger partial charge in [0.05, 0.1) is 4.47 Å². The number of rotatable bonds is 0. The van der Waals surface area contributed by atoms with E-state index in [1.54, 1.807) is 13.0 Å². The summed E-state index contributed by atoms with van der Waals surface area (Å²) in [6.07, 6.45) is 1.37. The first kappa shape index (κ1) is 7.82. The molecule has 0 radical (unpaired) electrons. The Balaban J connectivity index is 3.31. The Kier molecular flexibility index (Phi) is 2.16. The van der Waals surface area contributed by atoms with Crippen molar-refractivity contribution in [3.05, 3.63) is 32.7 Å². The van der Waals surface area contributed by atoms with Crippen LogP contribution < -0.4 is 4.73 Å². The number of halogens is 2. The lowest BCUT2D eigenvalue weighted by Crippen LogP contribution is -2.27. The number of hydrogen-bond acceptors (Lipinski definition) is 1. The minimum absolute atomic E-state index is 0.225. The molecule has 0 aliphatic rings. The molecule has 0 spiro atoms. The first-order valence-electron chi connectivity index (χ1n) is 2.66. The molecule has 1 aromatic heterocycles. The van der Waals surface area contributed by atoms with E-state index in [0.717, 1.165) is 10.0 Å². The summed E-state index contributed by atoms with van der Waals surface area (Å²) in [7, 11) is 0. The molecule has 0 bridgehead atoms. The first-order chi connectivity index (χ1) is 4.61. The van der Waals surface area contributed by atoms with E-state index in [1.807, 2.05) is 0 Å². The Hall–Kier alpha value is -0.280. The molecule has 0 fully saturated rings. The van der Waals surface area contributed by atoms with Gasteiger partial charge >= 0.3 is 0 Å². The molecule has 0 aliphatic carbocycles. The normalized spacial score (nSPS) is 9.90. The lowest BCUT2D eigenvalue weighted by atomic mass is 10.3. The SMILES string of the molecule is Cc1cc(Br)c[n+]([O-])c1Cl. The molecule has 4 heteroatoms. The van der Waals surface area contributed by atoms with Crippen LogP contribution in [-0.2, 0) is 0 Å². The maximum atomic E-state index is 10.8. The topological polar surface area (TPSA) is 26.9 Å². The van der Waals surface area contributed by atoms with Gasteiger partial charge in [-0.1, -0.05) is 0 Å². The Labute approximate surface area is 72.1 Å². The predicted octanol–water partition coefficient (Wildman–Crippen LogP) is 2.04. The van der Waals surface area contributed by atoms with Gasteiger partial charge in [-0.05, 0) is 40.5 Å². The molecule has 54 valence electrons. The van der Waals surface area contributed by atoms with Crippen molar-refractivity contribution < 1.29 is 4.73 Å². The van der Waals surface area contributed by atoms with Crippen LogP contribution in [0.3, 0.4) is 0 Å². The smallest absolute Gasteiger partial charge is 0.289 e. The Morgan fingerprint density at radius 2 is 2.30 bits per heavy atom. The second-order valence-electron chi connectivity index (χ2n) is 1.96. The van der Waals surface area contributed by atoms with Crippen LogP contribution in [0.5, 0.6) is 0 Å². The molecule has 0 N–H and O–H groups in total. The number of pyridine rings is 1. The van der Waals surface area contributed by atoms with E-state index < -0.39 is 0 Å². The summed E-state index contributed by atoms with van der Waals surface area (Å²) in [5.74, 6) is 0. The molecule has 1 heterocycles. The molecule has 10 heavy (non-hydrogen) atoms. The quantitative estimate of drug-likeness (QED) is 0.375. The fraction of sp³-hybridized carbons (Fsp3) is 0.167. The van der Waals surface area contributed by atoms with Gasteiger partial charge in [0.25, 0.3) is 5.15 Å². The van der Waals surface area contributed by atoms with Crippen LogP contribution in [0.2, 0.25) is 5.15 Å². The van der Waals surface area contributed by atoms with E-state index in [2.05, 4.69) is 15.9 Å². The maximum Gasteiger partial charge on any atom is 0.289 e. The van der Waals surface area contributed by atoms with E-state index in [-0.39, 0.29) is 5.15 Å². The number of aromatic nitrogens is 1. The van der Waals surface area contributed by atoms with Gasteiger partial charge in [-0.25, -0.2) is 0 Å². The molecule has 0 saturated heterocycles. The summed E-state index contributed by atoms with van der Waals surface area (Å²) in [5.41, 5.74) is 0.769. The Morgan fingerprint density at radius 3 is 2.80 bits per heavy atom. The van der Waals surface area contributed by atoms with Gasteiger partial charge in [0, 0.05) is 5.56 Å². The van der Waals surface area contributed by atoms with Crippen molar-refractivity contribution in [3.63, 3.8) is 0 Å². The van der Waals surface area contributed by atoms with Crippen molar-refractivity contribution >= 4 is 27.5 Å². The highest BCUT2D eigenvalue weighted by atomic mass is 79.9. The average molecular weight is 222 g/mol. The van der Waals surface area contributed by atoms with E-state index in [1.165, 1.54) is 6.20 Å². The van der Waals surface area contributed by atoms with E-state index >= 15 is 0 Å². The fourth-order valence-corrected chi connectivity index (χ4v) is 1.28. The standard InChI is InChI=1S/C6H5BrClNO/c1-4-2-5(7)3-9(10)6(4)8/h2-3H,1H3. The molecule has 0 saturated carbocycles. The summed E-state index contributed by atoms with van der Waals surface area (Å²) < 4.78 is 1.37. The predicted molar refractivity (Wildman–Crippen MR) is 42.8 cm³/mol. The molecule has 1 aromatic rings. The zero-order valence-electron chi connectivity index (χ0n) is 5.27. The highest BCUT2D eigenvalue weighted by Crippen LogP contribution is 2.14. The monoisotopic (exact) mass is 221 g/mol. The Bertz CT molecular complexity index is 241. The van der Waals surface area contributed by atoms with Gasteiger partial charge in [0.15, 0.2) is 6.20 Å². The molecule has 0 aromatic carbocycles. The lowest BCUT2D eigenvalue weighted by molar-refractivity contribution is -0.604. The third-order valence-corrected chi connectivity index (χ3v) is 2.01. The van der Waals surface area contributed by atoms with Crippen molar-refractivity contribution in [2.75, 3.05) is 0 Å². The van der Waals surface area contributed by atoms with Gasteiger partial charge in [-0.2, -0.15) is 4.73 Å². The van der Waals surface area contributed by atoms with Crippen molar-refractivity contribution in [1.29, 1.82) is 0 Å². The zero-order valence-corrected chi connectivity index (χ0v) is 7.61. The zero-order chi connectivity index (χ0) is 7.72. The van der Waals surface area contributed by atoms with Gasteiger partial charge in [-0.15, -0.1) is 0 Å². The summed E-state index contributed by atoms with van der Waals surface area (Å²) in [6.45, 7) is 1.78. The second-order valence-corrected chi connectivity index (χ2v) is 3.23. The third-order valence-electron chi connectivity index (χ3n) is 1.11. The minimum Gasteiger partial charge on any atom is -0.618 e. The van der Waals surface area contributed by atoms with Crippen LogP contribution in [0.15, 0.2) is 16.7 Å². The van der Waals surface area contributed by atoms with Gasteiger partial charge in [0.1, 0.15) is 0 Å². The van der Waals surface area contributed by atoms with Gasteiger partial charge in [0.2, 0.25) is 0 Å². The largest absolute Gasteiger partial charge is 0.618 e. The summed E-state index contributed by atoms with van der Waals surface area (Å²) >= 11 is 8.75. The van der Waals surface area contributed by atoms with Gasteiger partial charge < -0.3 is 5.21 Å². The third kappa shape index (κ3) is 1.41. The number of nitrogens with zero attached hydrogens (tertiary/aromatic N) is 1. The second kappa shape index (κ2) is 2.76. The summed E-state index contributed by atoms with van der Waals surface area (Å²) in [5, 5.41) is 11.0. The maximum absolute atomic E-state index is 10.8. The molecule has 0 atom stereocenters. The molecular weight excluding hydrogens is 217 g/mol. The minimum atomic E-state index is 0.225. The molecule has 2 nitrogen and oxygen atoms in total. The Morgan fingerprint density at radius 1 is 1.70 bits per heavy atom. The van der Waals surface area contributed by atoms with Crippen LogP contribution in [0.1, 0.15) is 5.56 Å². The highest BCUT2D eigenvalue weighted by Gasteiger charge is 2.05. The van der Waals surface area contributed by atoms with Crippen LogP contribution in [0.4, 0.5) is 0 Å². The molecule has 0 aliphatic heterocycles.